The highest BCUT2D eigenvalue weighted by molar-refractivity contribution is 5.56. The van der Waals surface area contributed by atoms with Gasteiger partial charge in [-0.25, -0.2) is 0 Å². The van der Waals surface area contributed by atoms with E-state index < -0.39 is 0 Å². The molecule has 0 saturated heterocycles. The first-order valence-electron chi connectivity index (χ1n) is 7.32. The molecule has 0 saturated carbocycles. The smallest absolute Gasteiger partial charge is 0.274 e. The molecular weight excluding hydrogens is 264 g/mol. The van der Waals surface area contributed by atoms with E-state index >= 15 is 0 Å². The summed E-state index contributed by atoms with van der Waals surface area (Å²) in [5.41, 5.74) is 4.80. The van der Waals surface area contributed by atoms with Crippen LogP contribution in [0.3, 0.4) is 0 Å². The predicted molar refractivity (Wildman–Crippen MR) is 83.5 cm³/mol. The second kappa shape index (κ2) is 5.95. The van der Waals surface area contributed by atoms with Gasteiger partial charge in [-0.05, 0) is 42.9 Å². The normalized spacial score (nSPS) is 13.5. The third-order valence-electron chi connectivity index (χ3n) is 4.05. The van der Waals surface area contributed by atoms with Gasteiger partial charge in [0.25, 0.3) is 5.69 Å². The maximum Gasteiger partial charge on any atom is 0.274 e. The minimum Gasteiger partial charge on any atom is -0.380 e. The summed E-state index contributed by atoms with van der Waals surface area (Å²) >= 11 is 0. The molecule has 1 N–H and O–H groups in total. The van der Waals surface area contributed by atoms with Crippen LogP contribution in [-0.4, -0.2) is 4.92 Å². The quantitative estimate of drug-likeness (QED) is 0.679. The van der Waals surface area contributed by atoms with Crippen LogP contribution in [0.2, 0.25) is 0 Å². The monoisotopic (exact) mass is 282 g/mol. The summed E-state index contributed by atoms with van der Waals surface area (Å²) in [6.45, 7) is 0.480. The molecule has 0 aliphatic heterocycles. The van der Waals surface area contributed by atoms with Crippen molar-refractivity contribution >= 4 is 11.4 Å². The average molecular weight is 282 g/mol. The number of nitro groups is 1. The molecule has 3 rings (SSSR count). The minimum atomic E-state index is -0.322. The molecular formula is C17H18N2O2. The lowest BCUT2D eigenvalue weighted by atomic mass is 9.90. The first kappa shape index (κ1) is 13.6. The second-order valence-corrected chi connectivity index (χ2v) is 5.39. The van der Waals surface area contributed by atoms with Gasteiger partial charge in [-0.15, -0.1) is 0 Å². The van der Waals surface area contributed by atoms with Crippen molar-refractivity contribution in [2.24, 2.45) is 0 Å². The van der Waals surface area contributed by atoms with Gasteiger partial charge in [0.1, 0.15) is 0 Å². The molecule has 0 aromatic heterocycles. The SMILES string of the molecule is O=[N+]([O-])c1ccccc1CNc1cccc2c1CCCC2. The molecule has 0 heterocycles. The number of fused-ring (bicyclic) bond motifs is 1. The van der Waals surface area contributed by atoms with Crippen molar-refractivity contribution in [2.45, 2.75) is 32.2 Å². The number of nitro benzene ring substituents is 1. The highest BCUT2D eigenvalue weighted by Gasteiger charge is 2.15. The average Bonchev–Trinajstić information content (AvgIpc) is 2.53. The number of para-hydroxylation sites is 1. The first-order chi connectivity index (χ1) is 10.3. The third-order valence-corrected chi connectivity index (χ3v) is 4.05. The second-order valence-electron chi connectivity index (χ2n) is 5.39. The van der Waals surface area contributed by atoms with E-state index in [2.05, 4.69) is 23.5 Å². The van der Waals surface area contributed by atoms with E-state index in [0.717, 1.165) is 24.1 Å². The lowest BCUT2D eigenvalue weighted by Gasteiger charge is -2.20. The van der Waals surface area contributed by atoms with Crippen molar-refractivity contribution < 1.29 is 4.92 Å². The standard InChI is InChI=1S/C17H18N2O2/c20-19(21)17-11-4-2-7-14(17)12-18-16-10-5-8-13-6-1-3-9-15(13)16/h2,4-5,7-8,10-11,18H,1,3,6,9,12H2. The van der Waals surface area contributed by atoms with Gasteiger partial charge in [0.05, 0.1) is 4.92 Å². The van der Waals surface area contributed by atoms with Crippen LogP contribution in [-0.2, 0) is 19.4 Å². The van der Waals surface area contributed by atoms with Gasteiger partial charge < -0.3 is 5.32 Å². The molecule has 0 spiro atoms. The summed E-state index contributed by atoms with van der Waals surface area (Å²) in [4.78, 5) is 10.7. The minimum absolute atomic E-state index is 0.176. The molecule has 1 aliphatic carbocycles. The number of aryl methyl sites for hydroxylation is 1. The molecule has 2 aromatic rings. The van der Waals surface area contributed by atoms with Gasteiger partial charge in [0.2, 0.25) is 0 Å². The predicted octanol–water partition coefficient (Wildman–Crippen LogP) is 4.09. The molecule has 4 heteroatoms. The summed E-state index contributed by atoms with van der Waals surface area (Å²) < 4.78 is 0. The van der Waals surface area contributed by atoms with E-state index in [1.165, 1.54) is 24.0 Å². The van der Waals surface area contributed by atoms with Crippen molar-refractivity contribution in [2.75, 3.05) is 5.32 Å². The molecule has 0 atom stereocenters. The van der Waals surface area contributed by atoms with Crippen molar-refractivity contribution in [1.82, 2.24) is 0 Å². The number of nitrogens with one attached hydrogen (secondary N) is 1. The Bertz CT molecular complexity index is 668. The van der Waals surface area contributed by atoms with Gasteiger partial charge in [-0.1, -0.05) is 30.3 Å². The van der Waals surface area contributed by atoms with Crippen LogP contribution in [0.25, 0.3) is 0 Å². The van der Waals surface area contributed by atoms with Crippen molar-refractivity contribution in [3.05, 3.63) is 69.3 Å². The third kappa shape index (κ3) is 2.89. The Hall–Kier alpha value is -2.36. The van der Waals surface area contributed by atoms with Crippen LogP contribution < -0.4 is 5.32 Å². The summed E-state index contributed by atoms with van der Waals surface area (Å²) in [5, 5.41) is 14.4. The van der Waals surface area contributed by atoms with E-state index in [4.69, 9.17) is 0 Å². The van der Waals surface area contributed by atoms with Gasteiger partial charge in [0.15, 0.2) is 0 Å². The molecule has 108 valence electrons. The fourth-order valence-electron chi connectivity index (χ4n) is 2.98. The van der Waals surface area contributed by atoms with E-state index in [0.29, 0.717) is 6.54 Å². The zero-order chi connectivity index (χ0) is 14.7. The number of benzene rings is 2. The maximum atomic E-state index is 11.0. The van der Waals surface area contributed by atoms with E-state index in [-0.39, 0.29) is 10.6 Å². The van der Waals surface area contributed by atoms with E-state index in [1.807, 2.05) is 6.07 Å². The fourth-order valence-corrected chi connectivity index (χ4v) is 2.98. The van der Waals surface area contributed by atoms with Crippen LogP contribution in [0, 0.1) is 10.1 Å². The molecule has 4 nitrogen and oxygen atoms in total. The Kier molecular flexibility index (Phi) is 3.86. The lowest BCUT2D eigenvalue weighted by Crippen LogP contribution is -2.09. The lowest BCUT2D eigenvalue weighted by molar-refractivity contribution is -0.385. The largest absolute Gasteiger partial charge is 0.380 e. The molecule has 1 aliphatic rings. The topological polar surface area (TPSA) is 55.2 Å². The van der Waals surface area contributed by atoms with Crippen LogP contribution in [0.15, 0.2) is 42.5 Å². The number of hydrogen-bond acceptors (Lipinski definition) is 3. The van der Waals surface area contributed by atoms with Gasteiger partial charge in [0, 0.05) is 23.9 Å². The van der Waals surface area contributed by atoms with Crippen LogP contribution in [0.1, 0.15) is 29.5 Å². The molecule has 21 heavy (non-hydrogen) atoms. The molecule has 2 aromatic carbocycles. The van der Waals surface area contributed by atoms with E-state index in [9.17, 15) is 10.1 Å². The zero-order valence-electron chi connectivity index (χ0n) is 11.8. The highest BCUT2D eigenvalue weighted by Crippen LogP contribution is 2.28. The van der Waals surface area contributed by atoms with E-state index in [1.54, 1.807) is 18.2 Å². The number of nitrogens with zero attached hydrogens (tertiary/aromatic N) is 1. The summed E-state index contributed by atoms with van der Waals surface area (Å²) in [5.74, 6) is 0. The van der Waals surface area contributed by atoms with Crippen molar-refractivity contribution in [1.29, 1.82) is 0 Å². The molecule has 0 fully saturated rings. The molecule has 0 amide bonds. The zero-order valence-corrected chi connectivity index (χ0v) is 11.8. The van der Waals surface area contributed by atoms with Crippen molar-refractivity contribution in [3.8, 4) is 0 Å². The highest BCUT2D eigenvalue weighted by atomic mass is 16.6. The summed E-state index contributed by atoms with van der Waals surface area (Å²) in [7, 11) is 0. The number of hydrogen-bond donors (Lipinski definition) is 1. The molecule has 0 unspecified atom stereocenters. The molecule has 0 bridgehead atoms. The Morgan fingerprint density at radius 1 is 1.05 bits per heavy atom. The van der Waals surface area contributed by atoms with Crippen LogP contribution in [0.5, 0.6) is 0 Å². The van der Waals surface area contributed by atoms with Crippen LogP contribution >= 0.6 is 0 Å². The van der Waals surface area contributed by atoms with Gasteiger partial charge in [-0.2, -0.15) is 0 Å². The Balaban J connectivity index is 1.81. The first-order valence-corrected chi connectivity index (χ1v) is 7.32. The van der Waals surface area contributed by atoms with Crippen LogP contribution in [0.4, 0.5) is 11.4 Å². The Labute approximate surface area is 124 Å². The van der Waals surface area contributed by atoms with Crippen molar-refractivity contribution in [3.63, 3.8) is 0 Å². The maximum absolute atomic E-state index is 11.0. The number of rotatable bonds is 4. The van der Waals surface area contributed by atoms with Gasteiger partial charge in [-0.3, -0.25) is 10.1 Å². The Morgan fingerprint density at radius 3 is 2.71 bits per heavy atom. The molecule has 0 radical (unpaired) electrons. The summed E-state index contributed by atoms with van der Waals surface area (Å²) in [6, 6.07) is 13.2. The number of anilines is 1. The summed E-state index contributed by atoms with van der Waals surface area (Å²) in [6.07, 6.45) is 4.70. The Morgan fingerprint density at radius 2 is 1.86 bits per heavy atom. The van der Waals surface area contributed by atoms with Gasteiger partial charge >= 0.3 is 0 Å². The fraction of sp³-hybridized carbons (Fsp3) is 0.294.